The molecule has 2 aromatic rings. The molecule has 0 aliphatic rings. The molecular weight excluding hydrogens is 248 g/mol. The second kappa shape index (κ2) is 3.42. The molecule has 0 aliphatic heterocycles. The Hall–Kier alpha value is -1.36. The largest absolute Gasteiger partial charge is 0.507 e. The van der Waals surface area contributed by atoms with Gasteiger partial charge in [-0.2, -0.15) is 4.98 Å². The van der Waals surface area contributed by atoms with E-state index in [9.17, 15) is 5.11 Å². The molecule has 0 bridgehead atoms. The van der Waals surface area contributed by atoms with E-state index in [1.807, 2.05) is 0 Å². The summed E-state index contributed by atoms with van der Waals surface area (Å²) in [6.07, 6.45) is 0. The van der Waals surface area contributed by atoms with Crippen LogP contribution in [-0.2, 0) is 0 Å². The van der Waals surface area contributed by atoms with Gasteiger partial charge in [-0.05, 0) is 41.1 Å². The van der Waals surface area contributed by atoms with E-state index in [0.29, 0.717) is 21.8 Å². The SMILES string of the molecule is Cc1noc(-c2ccc(Br)c(O)c2)n1. The number of aryl methyl sites for hydroxylation is 1. The summed E-state index contributed by atoms with van der Waals surface area (Å²) < 4.78 is 5.59. The van der Waals surface area contributed by atoms with Gasteiger partial charge in [-0.15, -0.1) is 0 Å². The van der Waals surface area contributed by atoms with Crippen LogP contribution >= 0.6 is 15.9 Å². The first-order valence-electron chi connectivity index (χ1n) is 3.96. The van der Waals surface area contributed by atoms with Crippen LogP contribution in [-0.4, -0.2) is 15.2 Å². The first kappa shape index (κ1) is 9.21. The van der Waals surface area contributed by atoms with Crippen molar-refractivity contribution in [2.75, 3.05) is 0 Å². The van der Waals surface area contributed by atoms with Gasteiger partial charge in [0.15, 0.2) is 5.82 Å². The summed E-state index contributed by atoms with van der Waals surface area (Å²) in [4.78, 5) is 4.05. The molecule has 0 unspecified atom stereocenters. The number of phenols is 1. The highest BCUT2D eigenvalue weighted by atomic mass is 79.9. The molecule has 0 spiro atoms. The summed E-state index contributed by atoms with van der Waals surface area (Å²) in [5.74, 6) is 1.13. The van der Waals surface area contributed by atoms with Crippen molar-refractivity contribution in [2.24, 2.45) is 0 Å². The predicted octanol–water partition coefficient (Wildman–Crippen LogP) is 2.51. The summed E-state index contributed by atoms with van der Waals surface area (Å²) in [6, 6.07) is 5.08. The van der Waals surface area contributed by atoms with Crippen molar-refractivity contribution < 1.29 is 9.63 Å². The van der Waals surface area contributed by atoms with Crippen LogP contribution in [0.1, 0.15) is 5.82 Å². The van der Waals surface area contributed by atoms with Crippen molar-refractivity contribution in [3.63, 3.8) is 0 Å². The Bertz CT molecular complexity index is 468. The molecule has 1 aromatic carbocycles. The maximum absolute atomic E-state index is 9.43. The zero-order valence-electron chi connectivity index (χ0n) is 7.36. The van der Waals surface area contributed by atoms with Crippen LogP contribution in [0.4, 0.5) is 0 Å². The molecule has 0 radical (unpaired) electrons. The van der Waals surface area contributed by atoms with Gasteiger partial charge in [0.2, 0.25) is 0 Å². The Morgan fingerprint density at radius 1 is 1.43 bits per heavy atom. The fourth-order valence-electron chi connectivity index (χ4n) is 1.06. The minimum atomic E-state index is 0.151. The van der Waals surface area contributed by atoms with Gasteiger partial charge in [-0.25, -0.2) is 0 Å². The number of phenolic OH excluding ortho intramolecular Hbond substituents is 1. The van der Waals surface area contributed by atoms with E-state index in [0.717, 1.165) is 0 Å². The fraction of sp³-hybridized carbons (Fsp3) is 0.111. The van der Waals surface area contributed by atoms with E-state index in [2.05, 4.69) is 26.1 Å². The van der Waals surface area contributed by atoms with E-state index in [1.165, 1.54) is 0 Å². The van der Waals surface area contributed by atoms with Crippen molar-refractivity contribution in [3.8, 4) is 17.2 Å². The fourth-order valence-corrected chi connectivity index (χ4v) is 1.31. The third-order valence-corrected chi connectivity index (χ3v) is 2.39. The Morgan fingerprint density at radius 3 is 2.79 bits per heavy atom. The molecule has 5 heteroatoms. The van der Waals surface area contributed by atoms with Gasteiger partial charge in [0.25, 0.3) is 5.89 Å². The lowest BCUT2D eigenvalue weighted by molar-refractivity contribution is 0.425. The van der Waals surface area contributed by atoms with E-state index in [-0.39, 0.29) is 5.75 Å². The van der Waals surface area contributed by atoms with Gasteiger partial charge in [0.1, 0.15) is 5.75 Å². The highest BCUT2D eigenvalue weighted by Crippen LogP contribution is 2.28. The zero-order chi connectivity index (χ0) is 10.1. The Morgan fingerprint density at radius 2 is 2.21 bits per heavy atom. The third kappa shape index (κ3) is 1.63. The molecule has 1 heterocycles. The Labute approximate surface area is 88.7 Å². The van der Waals surface area contributed by atoms with Crippen LogP contribution in [0.5, 0.6) is 5.75 Å². The average molecular weight is 255 g/mol. The second-order valence-electron chi connectivity index (χ2n) is 2.81. The molecule has 2 rings (SSSR count). The maximum Gasteiger partial charge on any atom is 0.258 e. The minimum absolute atomic E-state index is 0.151. The lowest BCUT2D eigenvalue weighted by atomic mass is 10.2. The molecule has 0 saturated heterocycles. The zero-order valence-corrected chi connectivity index (χ0v) is 8.95. The molecule has 0 saturated carbocycles. The summed E-state index contributed by atoms with van der Waals surface area (Å²) >= 11 is 3.19. The molecule has 0 amide bonds. The molecular formula is C9H7BrN2O2. The molecule has 14 heavy (non-hydrogen) atoms. The topological polar surface area (TPSA) is 59.2 Å². The molecule has 1 aromatic heterocycles. The van der Waals surface area contributed by atoms with Crippen LogP contribution < -0.4 is 0 Å². The predicted molar refractivity (Wildman–Crippen MR) is 53.8 cm³/mol. The molecule has 4 nitrogen and oxygen atoms in total. The van der Waals surface area contributed by atoms with Crippen molar-refractivity contribution in [2.45, 2.75) is 6.92 Å². The first-order valence-corrected chi connectivity index (χ1v) is 4.75. The number of rotatable bonds is 1. The Balaban J connectivity index is 2.47. The van der Waals surface area contributed by atoms with E-state index >= 15 is 0 Å². The number of hydrogen-bond donors (Lipinski definition) is 1. The summed E-state index contributed by atoms with van der Waals surface area (Å²) in [7, 11) is 0. The average Bonchev–Trinajstić information content (AvgIpc) is 2.57. The number of halogens is 1. The van der Waals surface area contributed by atoms with Crippen LogP contribution in [0.15, 0.2) is 27.2 Å². The quantitative estimate of drug-likeness (QED) is 0.850. The van der Waals surface area contributed by atoms with Gasteiger partial charge >= 0.3 is 0 Å². The van der Waals surface area contributed by atoms with E-state index in [1.54, 1.807) is 25.1 Å². The molecule has 1 N–H and O–H groups in total. The van der Waals surface area contributed by atoms with Crippen molar-refractivity contribution in [3.05, 3.63) is 28.5 Å². The van der Waals surface area contributed by atoms with Crippen LogP contribution in [0.3, 0.4) is 0 Å². The van der Waals surface area contributed by atoms with Crippen molar-refractivity contribution in [1.29, 1.82) is 0 Å². The number of benzene rings is 1. The van der Waals surface area contributed by atoms with Gasteiger partial charge in [0, 0.05) is 5.56 Å². The van der Waals surface area contributed by atoms with E-state index in [4.69, 9.17) is 4.52 Å². The molecule has 0 fully saturated rings. The van der Waals surface area contributed by atoms with Gasteiger partial charge < -0.3 is 9.63 Å². The lowest BCUT2D eigenvalue weighted by Crippen LogP contribution is -1.78. The van der Waals surface area contributed by atoms with Crippen LogP contribution in [0.2, 0.25) is 0 Å². The van der Waals surface area contributed by atoms with Gasteiger partial charge in [0.05, 0.1) is 4.47 Å². The summed E-state index contributed by atoms with van der Waals surface area (Å²) in [5, 5.41) is 13.1. The standard InChI is InChI=1S/C9H7BrN2O2/c1-5-11-9(14-12-5)6-2-3-7(10)8(13)4-6/h2-4,13H,1H3. The second-order valence-corrected chi connectivity index (χ2v) is 3.67. The number of aromatic hydroxyl groups is 1. The summed E-state index contributed by atoms with van der Waals surface area (Å²) in [6.45, 7) is 1.74. The first-order chi connectivity index (χ1) is 6.66. The minimum Gasteiger partial charge on any atom is -0.507 e. The molecule has 0 atom stereocenters. The van der Waals surface area contributed by atoms with Crippen LogP contribution in [0, 0.1) is 6.92 Å². The smallest absolute Gasteiger partial charge is 0.258 e. The molecule has 72 valence electrons. The highest BCUT2D eigenvalue weighted by Gasteiger charge is 2.07. The number of aromatic nitrogens is 2. The number of nitrogens with zero attached hydrogens (tertiary/aromatic N) is 2. The van der Waals surface area contributed by atoms with Gasteiger partial charge in [-0.1, -0.05) is 5.16 Å². The monoisotopic (exact) mass is 254 g/mol. The van der Waals surface area contributed by atoms with Crippen molar-refractivity contribution in [1.82, 2.24) is 10.1 Å². The normalized spacial score (nSPS) is 10.4. The van der Waals surface area contributed by atoms with Crippen molar-refractivity contribution >= 4 is 15.9 Å². The maximum atomic E-state index is 9.43. The molecule has 0 aliphatic carbocycles. The Kier molecular flexibility index (Phi) is 2.25. The third-order valence-electron chi connectivity index (χ3n) is 1.72. The van der Waals surface area contributed by atoms with Gasteiger partial charge in [-0.3, -0.25) is 0 Å². The summed E-state index contributed by atoms with van der Waals surface area (Å²) in [5.41, 5.74) is 0.700. The van der Waals surface area contributed by atoms with Crippen LogP contribution in [0.25, 0.3) is 11.5 Å². The highest BCUT2D eigenvalue weighted by molar-refractivity contribution is 9.10. The lowest BCUT2D eigenvalue weighted by Gasteiger charge is -1.97. The number of hydrogen-bond acceptors (Lipinski definition) is 4. The van der Waals surface area contributed by atoms with E-state index < -0.39 is 0 Å².